The second-order valence-electron chi connectivity index (χ2n) is 5.58. The summed E-state index contributed by atoms with van der Waals surface area (Å²) in [6.07, 6.45) is 0.922. The Balaban J connectivity index is 2.19. The second-order valence-corrected chi connectivity index (χ2v) is 5.58. The lowest BCUT2D eigenvalue weighted by Crippen LogP contribution is -2.14. The number of carbonyl (C=O) groups is 1. The van der Waals surface area contributed by atoms with Crippen LogP contribution in [0.5, 0.6) is 5.75 Å². The minimum atomic E-state index is -0.490. The van der Waals surface area contributed by atoms with E-state index in [4.69, 9.17) is 4.74 Å². The zero-order valence-corrected chi connectivity index (χ0v) is 13.9. The van der Waals surface area contributed by atoms with Crippen molar-refractivity contribution >= 4 is 17.3 Å². The van der Waals surface area contributed by atoms with Crippen LogP contribution in [0.2, 0.25) is 0 Å². The molecule has 0 aliphatic rings. The van der Waals surface area contributed by atoms with Gasteiger partial charge in [-0.2, -0.15) is 0 Å². The highest BCUT2D eigenvalue weighted by Crippen LogP contribution is 2.23. The normalized spacial score (nSPS) is 11.6. The summed E-state index contributed by atoms with van der Waals surface area (Å²) in [5.74, 6) is 0.279. The SMILES string of the molecule is CCC(C)Oc1cccc(C(=O)Nc2cc([N+](=O)[O-])ccc2C)c1. The maximum Gasteiger partial charge on any atom is 0.271 e. The number of nitro groups is 1. The number of benzene rings is 2. The van der Waals surface area contributed by atoms with E-state index < -0.39 is 4.92 Å². The first-order valence-electron chi connectivity index (χ1n) is 7.73. The van der Waals surface area contributed by atoms with Crippen LogP contribution in [0, 0.1) is 17.0 Å². The van der Waals surface area contributed by atoms with E-state index in [9.17, 15) is 14.9 Å². The third kappa shape index (κ3) is 4.32. The smallest absolute Gasteiger partial charge is 0.271 e. The van der Waals surface area contributed by atoms with E-state index in [-0.39, 0.29) is 17.7 Å². The summed E-state index contributed by atoms with van der Waals surface area (Å²) in [7, 11) is 0. The van der Waals surface area contributed by atoms with Gasteiger partial charge in [-0.05, 0) is 44.0 Å². The lowest BCUT2D eigenvalue weighted by atomic mass is 10.1. The molecule has 0 aromatic heterocycles. The molecule has 2 aromatic rings. The molecule has 24 heavy (non-hydrogen) atoms. The van der Waals surface area contributed by atoms with Gasteiger partial charge < -0.3 is 10.1 Å². The van der Waals surface area contributed by atoms with Crippen molar-refractivity contribution in [2.24, 2.45) is 0 Å². The largest absolute Gasteiger partial charge is 0.491 e. The third-order valence-corrected chi connectivity index (χ3v) is 3.69. The second kappa shape index (κ2) is 7.59. The molecule has 126 valence electrons. The summed E-state index contributed by atoms with van der Waals surface area (Å²) in [6, 6.07) is 11.2. The first-order chi connectivity index (χ1) is 11.4. The topological polar surface area (TPSA) is 81.5 Å². The number of rotatable bonds is 6. The Labute approximate surface area is 140 Å². The highest BCUT2D eigenvalue weighted by Gasteiger charge is 2.13. The van der Waals surface area contributed by atoms with E-state index >= 15 is 0 Å². The molecule has 1 N–H and O–H groups in total. The predicted molar refractivity (Wildman–Crippen MR) is 92.6 cm³/mol. The number of amides is 1. The molecule has 0 fully saturated rings. The van der Waals surface area contributed by atoms with Crippen LogP contribution in [0.1, 0.15) is 36.2 Å². The van der Waals surface area contributed by atoms with Gasteiger partial charge in [-0.3, -0.25) is 14.9 Å². The molecular formula is C18H20N2O4. The highest BCUT2D eigenvalue weighted by atomic mass is 16.6. The molecule has 6 heteroatoms. The molecular weight excluding hydrogens is 308 g/mol. The van der Waals surface area contributed by atoms with Crippen LogP contribution < -0.4 is 10.1 Å². The van der Waals surface area contributed by atoms with Crippen molar-refractivity contribution in [3.8, 4) is 5.75 Å². The Bertz CT molecular complexity index is 758. The van der Waals surface area contributed by atoms with E-state index in [1.807, 2.05) is 13.8 Å². The fraction of sp³-hybridized carbons (Fsp3) is 0.278. The fourth-order valence-electron chi connectivity index (χ4n) is 2.08. The molecule has 0 bridgehead atoms. The summed E-state index contributed by atoms with van der Waals surface area (Å²) in [5.41, 5.74) is 1.54. The molecule has 2 rings (SSSR count). The van der Waals surface area contributed by atoms with Crippen molar-refractivity contribution in [1.82, 2.24) is 0 Å². The molecule has 0 spiro atoms. The van der Waals surface area contributed by atoms with Gasteiger partial charge in [0.2, 0.25) is 0 Å². The quantitative estimate of drug-likeness (QED) is 0.632. The fourth-order valence-corrected chi connectivity index (χ4v) is 2.08. The number of carbonyl (C=O) groups excluding carboxylic acids is 1. The summed E-state index contributed by atoms with van der Waals surface area (Å²) >= 11 is 0. The van der Waals surface area contributed by atoms with Gasteiger partial charge in [-0.25, -0.2) is 0 Å². The Hall–Kier alpha value is -2.89. The zero-order valence-electron chi connectivity index (χ0n) is 13.9. The minimum absolute atomic E-state index is 0.0577. The number of aryl methyl sites for hydroxylation is 1. The van der Waals surface area contributed by atoms with E-state index in [0.717, 1.165) is 12.0 Å². The molecule has 0 heterocycles. The average molecular weight is 328 g/mol. The molecule has 1 unspecified atom stereocenters. The van der Waals surface area contributed by atoms with Crippen molar-refractivity contribution in [2.45, 2.75) is 33.3 Å². The number of hydrogen-bond donors (Lipinski definition) is 1. The van der Waals surface area contributed by atoms with E-state index in [0.29, 0.717) is 17.0 Å². The standard InChI is InChI=1S/C18H20N2O4/c1-4-13(3)24-16-7-5-6-14(10-16)18(21)19-17-11-15(20(22)23)9-8-12(17)2/h5-11,13H,4H2,1-3H3,(H,19,21). The number of nitrogens with zero attached hydrogens (tertiary/aromatic N) is 1. The molecule has 0 aliphatic carbocycles. The Kier molecular flexibility index (Phi) is 5.52. The van der Waals surface area contributed by atoms with Crippen LogP contribution in [0.3, 0.4) is 0 Å². The molecule has 0 aliphatic heterocycles. The molecule has 0 saturated carbocycles. The van der Waals surface area contributed by atoms with E-state index in [2.05, 4.69) is 5.32 Å². The van der Waals surface area contributed by atoms with Gasteiger partial charge >= 0.3 is 0 Å². The van der Waals surface area contributed by atoms with Gasteiger partial charge in [0, 0.05) is 17.7 Å². The Morgan fingerprint density at radius 1 is 1.29 bits per heavy atom. The van der Waals surface area contributed by atoms with Gasteiger partial charge in [0.05, 0.1) is 16.7 Å². The number of nitro benzene ring substituents is 1. The molecule has 1 atom stereocenters. The van der Waals surface area contributed by atoms with Gasteiger partial charge in [-0.15, -0.1) is 0 Å². The number of hydrogen-bond acceptors (Lipinski definition) is 4. The van der Waals surface area contributed by atoms with Gasteiger partial charge in [-0.1, -0.05) is 19.1 Å². The lowest BCUT2D eigenvalue weighted by molar-refractivity contribution is -0.384. The van der Waals surface area contributed by atoms with Crippen LogP contribution in [-0.2, 0) is 0 Å². The van der Waals surface area contributed by atoms with E-state index in [1.165, 1.54) is 12.1 Å². The monoisotopic (exact) mass is 328 g/mol. The Morgan fingerprint density at radius 3 is 2.71 bits per heavy atom. The van der Waals surface area contributed by atoms with Crippen molar-refractivity contribution in [1.29, 1.82) is 0 Å². The number of anilines is 1. The van der Waals surface area contributed by atoms with Crippen molar-refractivity contribution < 1.29 is 14.5 Å². The molecule has 0 radical (unpaired) electrons. The van der Waals surface area contributed by atoms with Gasteiger partial charge in [0.15, 0.2) is 0 Å². The van der Waals surface area contributed by atoms with Crippen LogP contribution in [-0.4, -0.2) is 16.9 Å². The average Bonchev–Trinajstić information content (AvgIpc) is 2.56. The van der Waals surface area contributed by atoms with Crippen molar-refractivity contribution in [3.63, 3.8) is 0 Å². The maximum atomic E-state index is 12.4. The van der Waals surface area contributed by atoms with Gasteiger partial charge in [0.25, 0.3) is 11.6 Å². The third-order valence-electron chi connectivity index (χ3n) is 3.69. The molecule has 1 amide bonds. The van der Waals surface area contributed by atoms with Crippen LogP contribution in [0.25, 0.3) is 0 Å². The number of nitrogens with one attached hydrogen (secondary N) is 1. The van der Waals surface area contributed by atoms with Crippen LogP contribution in [0.4, 0.5) is 11.4 Å². The van der Waals surface area contributed by atoms with Crippen molar-refractivity contribution in [3.05, 3.63) is 63.7 Å². The minimum Gasteiger partial charge on any atom is -0.491 e. The summed E-state index contributed by atoms with van der Waals surface area (Å²) in [4.78, 5) is 22.8. The van der Waals surface area contributed by atoms with Crippen LogP contribution in [0.15, 0.2) is 42.5 Å². The summed E-state index contributed by atoms with van der Waals surface area (Å²) in [5, 5.41) is 13.6. The van der Waals surface area contributed by atoms with Gasteiger partial charge in [0.1, 0.15) is 5.75 Å². The Morgan fingerprint density at radius 2 is 2.04 bits per heavy atom. The highest BCUT2D eigenvalue weighted by molar-refractivity contribution is 6.05. The summed E-state index contributed by atoms with van der Waals surface area (Å²) < 4.78 is 5.71. The summed E-state index contributed by atoms with van der Waals surface area (Å²) in [6.45, 7) is 5.76. The van der Waals surface area contributed by atoms with Crippen molar-refractivity contribution in [2.75, 3.05) is 5.32 Å². The first kappa shape index (κ1) is 17.5. The predicted octanol–water partition coefficient (Wildman–Crippen LogP) is 4.33. The maximum absolute atomic E-state index is 12.4. The molecule has 2 aromatic carbocycles. The number of non-ortho nitro benzene ring substituents is 1. The first-order valence-corrected chi connectivity index (χ1v) is 7.73. The van der Waals surface area contributed by atoms with Crippen LogP contribution >= 0.6 is 0 Å². The molecule has 6 nitrogen and oxygen atoms in total. The lowest BCUT2D eigenvalue weighted by Gasteiger charge is -2.13. The number of ether oxygens (including phenoxy) is 1. The molecule has 0 saturated heterocycles. The zero-order chi connectivity index (χ0) is 17.7. The van der Waals surface area contributed by atoms with E-state index in [1.54, 1.807) is 37.3 Å².